The number of hydrogen-bond donors (Lipinski definition) is 2. The van der Waals surface area contributed by atoms with E-state index in [9.17, 15) is 4.79 Å². The van der Waals surface area contributed by atoms with Crippen LogP contribution in [0.4, 0.5) is 0 Å². The highest BCUT2D eigenvalue weighted by Gasteiger charge is 2.22. The fourth-order valence-electron chi connectivity index (χ4n) is 3.66. The average Bonchev–Trinajstić information content (AvgIpc) is 3.26. The van der Waals surface area contributed by atoms with E-state index in [4.69, 9.17) is 23.2 Å². The second-order valence-electron chi connectivity index (χ2n) is 7.01. The molecule has 7 heteroatoms. The lowest BCUT2D eigenvalue weighted by Crippen LogP contribution is -2.30. The van der Waals surface area contributed by atoms with Gasteiger partial charge in [-0.15, -0.1) is 0 Å². The fourth-order valence-corrected chi connectivity index (χ4v) is 4.20. The zero-order chi connectivity index (χ0) is 20.5. The number of aromatic amines is 1. The molecule has 0 fully saturated rings. The van der Waals surface area contributed by atoms with Crippen molar-refractivity contribution in [2.24, 2.45) is 7.05 Å². The summed E-state index contributed by atoms with van der Waals surface area (Å²) >= 11 is 12.6. The van der Waals surface area contributed by atoms with E-state index in [2.05, 4.69) is 21.5 Å². The Balaban J connectivity index is 1.70. The van der Waals surface area contributed by atoms with Crippen LogP contribution in [0.2, 0.25) is 10.0 Å². The van der Waals surface area contributed by atoms with Crippen molar-refractivity contribution in [3.8, 4) is 0 Å². The molecule has 29 heavy (non-hydrogen) atoms. The molecule has 5 nitrogen and oxygen atoms in total. The summed E-state index contributed by atoms with van der Waals surface area (Å²) in [6.07, 6.45) is 1.97. The second-order valence-corrected chi connectivity index (χ2v) is 7.86. The van der Waals surface area contributed by atoms with Gasteiger partial charge in [-0.2, -0.15) is 5.10 Å². The highest BCUT2D eigenvalue weighted by Crippen LogP contribution is 2.35. The molecular weight excluding hydrogens is 407 g/mol. The first kappa shape index (κ1) is 19.6. The topological polar surface area (TPSA) is 62.7 Å². The van der Waals surface area contributed by atoms with Crippen molar-refractivity contribution in [3.05, 3.63) is 87.3 Å². The van der Waals surface area contributed by atoms with Gasteiger partial charge in [-0.05, 0) is 42.3 Å². The van der Waals surface area contributed by atoms with Crippen LogP contribution in [-0.2, 0) is 7.05 Å². The lowest BCUT2D eigenvalue weighted by atomic mass is 9.90. The molecule has 1 amide bonds. The molecule has 2 heterocycles. The average molecular weight is 427 g/mol. The van der Waals surface area contributed by atoms with Crippen molar-refractivity contribution in [2.75, 3.05) is 6.54 Å². The fraction of sp³-hybridized carbons (Fsp3) is 0.182. The Hall–Kier alpha value is -2.76. The number of fused-ring (bicyclic) bond motifs is 1. The third-order valence-corrected chi connectivity index (χ3v) is 5.60. The van der Waals surface area contributed by atoms with Gasteiger partial charge in [0.25, 0.3) is 5.91 Å². The van der Waals surface area contributed by atoms with Gasteiger partial charge >= 0.3 is 0 Å². The van der Waals surface area contributed by atoms with Crippen LogP contribution < -0.4 is 5.32 Å². The minimum absolute atomic E-state index is 0.144. The van der Waals surface area contributed by atoms with Crippen molar-refractivity contribution in [1.82, 2.24) is 20.1 Å². The Morgan fingerprint density at radius 3 is 2.69 bits per heavy atom. The van der Waals surface area contributed by atoms with E-state index in [1.54, 1.807) is 23.9 Å². The van der Waals surface area contributed by atoms with Crippen LogP contribution in [0.15, 0.2) is 54.7 Å². The second kappa shape index (κ2) is 7.93. The Morgan fingerprint density at radius 2 is 1.97 bits per heavy atom. The number of H-pyrrole nitrogens is 1. The van der Waals surface area contributed by atoms with E-state index >= 15 is 0 Å². The number of hydrogen-bond acceptors (Lipinski definition) is 2. The van der Waals surface area contributed by atoms with Gasteiger partial charge in [-0.25, -0.2) is 0 Å². The largest absolute Gasteiger partial charge is 0.361 e. The Kier molecular flexibility index (Phi) is 5.35. The number of nitrogens with zero attached hydrogens (tertiary/aromatic N) is 2. The molecule has 0 radical (unpaired) electrons. The summed E-state index contributed by atoms with van der Waals surface area (Å²) in [4.78, 5) is 16.1. The summed E-state index contributed by atoms with van der Waals surface area (Å²) in [6.45, 7) is 2.24. The first-order valence-corrected chi connectivity index (χ1v) is 9.99. The molecule has 0 aliphatic heterocycles. The molecule has 4 aromatic rings. The molecule has 2 aromatic heterocycles. The van der Waals surface area contributed by atoms with Gasteiger partial charge in [0.1, 0.15) is 5.69 Å². The van der Waals surface area contributed by atoms with E-state index in [1.807, 2.05) is 43.5 Å². The molecule has 0 aliphatic rings. The van der Waals surface area contributed by atoms with Gasteiger partial charge in [0, 0.05) is 46.7 Å². The summed E-state index contributed by atoms with van der Waals surface area (Å²) in [6, 6.07) is 15.3. The number of amides is 1. The number of benzene rings is 2. The summed E-state index contributed by atoms with van der Waals surface area (Å²) in [5.41, 5.74) is 4.31. The lowest BCUT2D eigenvalue weighted by Gasteiger charge is -2.19. The number of aryl methyl sites for hydroxylation is 2. The molecule has 0 saturated heterocycles. The number of carbonyl (C=O) groups is 1. The summed E-state index contributed by atoms with van der Waals surface area (Å²) in [5.74, 6) is -0.322. The van der Waals surface area contributed by atoms with Crippen molar-refractivity contribution in [3.63, 3.8) is 0 Å². The monoisotopic (exact) mass is 426 g/mol. The SMILES string of the molecule is Cc1cc(C(=O)NCC(c2ccc(Cl)cc2Cl)c2c[nH]c3ccccc23)n(C)n1. The highest BCUT2D eigenvalue weighted by atomic mass is 35.5. The van der Waals surface area contributed by atoms with Crippen LogP contribution in [0.5, 0.6) is 0 Å². The van der Waals surface area contributed by atoms with E-state index in [-0.39, 0.29) is 11.8 Å². The summed E-state index contributed by atoms with van der Waals surface area (Å²) < 4.78 is 1.58. The van der Waals surface area contributed by atoms with Crippen molar-refractivity contribution in [1.29, 1.82) is 0 Å². The number of halogens is 2. The van der Waals surface area contributed by atoms with Crippen LogP contribution >= 0.6 is 23.2 Å². The minimum Gasteiger partial charge on any atom is -0.361 e. The number of aromatic nitrogens is 3. The van der Waals surface area contributed by atoms with Crippen LogP contribution in [0, 0.1) is 6.92 Å². The number of carbonyl (C=O) groups excluding carboxylic acids is 1. The maximum atomic E-state index is 12.8. The molecule has 1 unspecified atom stereocenters. The number of nitrogens with one attached hydrogen (secondary N) is 2. The molecule has 0 spiro atoms. The van der Waals surface area contributed by atoms with Gasteiger partial charge in [0.2, 0.25) is 0 Å². The predicted octanol–water partition coefficient (Wildman–Crippen LogP) is 5.08. The Morgan fingerprint density at radius 1 is 1.17 bits per heavy atom. The van der Waals surface area contributed by atoms with Crippen molar-refractivity contribution in [2.45, 2.75) is 12.8 Å². The van der Waals surface area contributed by atoms with E-state index < -0.39 is 0 Å². The molecule has 4 rings (SSSR count). The lowest BCUT2D eigenvalue weighted by molar-refractivity contribution is 0.0943. The molecule has 0 aliphatic carbocycles. The molecule has 148 valence electrons. The quantitative estimate of drug-likeness (QED) is 0.467. The van der Waals surface area contributed by atoms with Gasteiger partial charge in [0.15, 0.2) is 0 Å². The molecule has 1 atom stereocenters. The third kappa shape index (κ3) is 3.88. The molecular formula is C22H20Cl2N4O. The molecule has 0 bridgehead atoms. The normalized spacial score (nSPS) is 12.3. The first-order valence-electron chi connectivity index (χ1n) is 9.24. The third-order valence-electron chi connectivity index (χ3n) is 5.04. The molecule has 2 aromatic carbocycles. The van der Waals surface area contributed by atoms with Gasteiger partial charge in [-0.1, -0.05) is 47.5 Å². The van der Waals surface area contributed by atoms with E-state index in [0.29, 0.717) is 22.3 Å². The zero-order valence-corrected chi connectivity index (χ0v) is 17.6. The predicted molar refractivity (Wildman–Crippen MR) is 117 cm³/mol. The minimum atomic E-state index is -0.178. The van der Waals surface area contributed by atoms with Gasteiger partial charge in [-0.3, -0.25) is 9.48 Å². The molecule has 2 N–H and O–H groups in total. The number of para-hydroxylation sites is 1. The summed E-state index contributed by atoms with van der Waals surface area (Å²) in [5, 5.41) is 9.52. The van der Waals surface area contributed by atoms with Gasteiger partial charge < -0.3 is 10.3 Å². The first-order chi connectivity index (χ1) is 13.9. The Labute approximate surface area is 178 Å². The highest BCUT2D eigenvalue weighted by molar-refractivity contribution is 6.35. The standard InChI is InChI=1S/C22H20Cl2N4O/c1-13-9-21(28(2)27-13)22(29)26-12-17(15-8-7-14(23)10-19(15)24)18-11-25-20-6-4-3-5-16(18)20/h3-11,17,25H,12H2,1-2H3,(H,26,29). The van der Waals surface area contributed by atoms with Crippen LogP contribution in [0.25, 0.3) is 10.9 Å². The smallest absolute Gasteiger partial charge is 0.269 e. The zero-order valence-electron chi connectivity index (χ0n) is 16.0. The molecule has 0 saturated carbocycles. The van der Waals surface area contributed by atoms with E-state index in [1.165, 1.54) is 0 Å². The maximum absolute atomic E-state index is 12.8. The maximum Gasteiger partial charge on any atom is 0.269 e. The van der Waals surface area contributed by atoms with E-state index in [0.717, 1.165) is 27.7 Å². The van der Waals surface area contributed by atoms with Gasteiger partial charge in [0.05, 0.1) is 5.69 Å². The Bertz CT molecular complexity index is 1190. The van der Waals surface area contributed by atoms with Crippen LogP contribution in [-0.4, -0.2) is 27.2 Å². The number of rotatable bonds is 5. The van der Waals surface area contributed by atoms with Crippen molar-refractivity contribution < 1.29 is 4.79 Å². The summed E-state index contributed by atoms with van der Waals surface area (Å²) in [7, 11) is 1.76. The van der Waals surface area contributed by atoms with Crippen molar-refractivity contribution >= 4 is 40.0 Å². The van der Waals surface area contributed by atoms with Crippen LogP contribution in [0.1, 0.15) is 33.2 Å². The van der Waals surface area contributed by atoms with Crippen LogP contribution in [0.3, 0.4) is 0 Å².